The van der Waals surface area contributed by atoms with Crippen LogP contribution in [0.25, 0.3) is 32.9 Å². The molecule has 0 bridgehead atoms. The summed E-state index contributed by atoms with van der Waals surface area (Å²) in [4.78, 5) is 29.1. The lowest BCUT2D eigenvalue weighted by Gasteiger charge is -2.19. The van der Waals surface area contributed by atoms with E-state index in [1.54, 1.807) is 4.68 Å². The minimum absolute atomic E-state index is 0.0318. The van der Waals surface area contributed by atoms with Crippen LogP contribution < -0.4 is 0 Å². The number of hydrogen-bond acceptors (Lipinski definition) is 3. The predicted molar refractivity (Wildman–Crippen MR) is 98.7 cm³/mol. The van der Waals surface area contributed by atoms with E-state index in [1.807, 2.05) is 37.5 Å². The Balaban J connectivity index is 1.90. The zero-order chi connectivity index (χ0) is 17.6. The van der Waals surface area contributed by atoms with Crippen LogP contribution in [0.2, 0.25) is 0 Å². The van der Waals surface area contributed by atoms with Crippen molar-refractivity contribution in [2.75, 3.05) is 0 Å². The lowest BCUT2D eigenvalue weighted by molar-refractivity contribution is 0.0923. The number of H-pyrrole nitrogens is 1. The van der Waals surface area contributed by atoms with Crippen molar-refractivity contribution in [3.05, 3.63) is 52.8 Å². The second-order valence-electron chi connectivity index (χ2n) is 7.21. The van der Waals surface area contributed by atoms with E-state index in [4.69, 9.17) is 0 Å². The van der Waals surface area contributed by atoms with E-state index in [0.29, 0.717) is 11.1 Å². The molecule has 0 saturated heterocycles. The number of carbonyl (C=O) groups is 2. The summed E-state index contributed by atoms with van der Waals surface area (Å²) in [5, 5.41) is 6.48. The molecule has 0 unspecified atom stereocenters. The molecule has 6 rings (SSSR count). The normalized spacial score (nSPS) is 15.6. The number of Topliss-reactive ketones (excluding diaryl/α,β-unsaturated/α-hetero) is 2. The van der Waals surface area contributed by atoms with Crippen molar-refractivity contribution < 1.29 is 9.59 Å². The maximum Gasteiger partial charge on any atom is 0.172 e. The minimum atomic E-state index is -0.0708. The monoisotopic (exact) mass is 341 g/mol. The van der Waals surface area contributed by atoms with E-state index in [1.165, 1.54) is 0 Å². The van der Waals surface area contributed by atoms with Crippen LogP contribution in [0, 0.1) is 0 Å². The highest BCUT2D eigenvalue weighted by Crippen LogP contribution is 2.46. The summed E-state index contributed by atoms with van der Waals surface area (Å²) >= 11 is 0. The smallest absolute Gasteiger partial charge is 0.172 e. The molecular formula is C21H15N3O2. The van der Waals surface area contributed by atoms with Crippen LogP contribution in [0.4, 0.5) is 0 Å². The van der Waals surface area contributed by atoms with Crippen molar-refractivity contribution in [2.24, 2.45) is 7.05 Å². The maximum atomic E-state index is 12.8. The summed E-state index contributed by atoms with van der Waals surface area (Å²) in [5.74, 6) is -0.135. The first-order valence-electron chi connectivity index (χ1n) is 8.82. The van der Waals surface area contributed by atoms with Gasteiger partial charge in [-0.3, -0.25) is 14.3 Å². The van der Waals surface area contributed by atoms with Gasteiger partial charge in [0.2, 0.25) is 0 Å². The van der Waals surface area contributed by atoms with E-state index < -0.39 is 0 Å². The molecule has 126 valence electrons. The van der Waals surface area contributed by atoms with Gasteiger partial charge >= 0.3 is 0 Å². The van der Waals surface area contributed by atoms with Crippen molar-refractivity contribution in [3.8, 4) is 11.1 Å². The second kappa shape index (κ2) is 4.49. The molecule has 2 aromatic carbocycles. The van der Waals surface area contributed by atoms with Gasteiger partial charge in [0.1, 0.15) is 0 Å². The summed E-state index contributed by atoms with van der Waals surface area (Å²) in [7, 11) is 1.90. The van der Waals surface area contributed by atoms with Crippen LogP contribution in [-0.4, -0.2) is 26.3 Å². The average Bonchev–Trinajstić information content (AvgIpc) is 3.27. The first-order chi connectivity index (χ1) is 12.6. The quantitative estimate of drug-likeness (QED) is 0.497. The third-order valence-corrected chi connectivity index (χ3v) is 5.72. The molecule has 0 aliphatic heterocycles. The summed E-state index contributed by atoms with van der Waals surface area (Å²) in [6, 6.07) is 8.00. The Morgan fingerprint density at radius 3 is 2.73 bits per heavy atom. The molecule has 2 aromatic heterocycles. The molecule has 0 amide bonds. The molecule has 26 heavy (non-hydrogen) atoms. The molecule has 0 saturated carbocycles. The van der Waals surface area contributed by atoms with Gasteiger partial charge in [-0.15, -0.1) is 0 Å². The van der Waals surface area contributed by atoms with E-state index in [9.17, 15) is 9.59 Å². The van der Waals surface area contributed by atoms with E-state index >= 15 is 0 Å². The second-order valence-corrected chi connectivity index (χ2v) is 7.21. The zero-order valence-corrected chi connectivity index (χ0v) is 14.2. The first-order valence-corrected chi connectivity index (χ1v) is 8.82. The largest absolute Gasteiger partial charge is 0.354 e. The van der Waals surface area contributed by atoms with Gasteiger partial charge in [0.25, 0.3) is 0 Å². The van der Waals surface area contributed by atoms with Gasteiger partial charge < -0.3 is 4.98 Å². The van der Waals surface area contributed by atoms with Crippen molar-refractivity contribution in [3.63, 3.8) is 0 Å². The SMILES string of the molecule is Cn1cc2c(n1)CCc1c-2c2c(c3c1[nH]c1ccccc13)C(=O)CC2=O. The molecule has 0 spiro atoms. The van der Waals surface area contributed by atoms with Crippen LogP contribution in [0.5, 0.6) is 0 Å². The highest BCUT2D eigenvalue weighted by atomic mass is 16.2. The van der Waals surface area contributed by atoms with Gasteiger partial charge in [-0.05, 0) is 24.5 Å². The Morgan fingerprint density at radius 1 is 1.04 bits per heavy atom. The average molecular weight is 341 g/mol. The van der Waals surface area contributed by atoms with Crippen LogP contribution in [0.1, 0.15) is 38.4 Å². The molecule has 2 aliphatic carbocycles. The Labute approximate surface area is 148 Å². The third-order valence-electron chi connectivity index (χ3n) is 5.72. The molecule has 2 aliphatic rings. The Kier molecular flexibility index (Phi) is 2.42. The van der Waals surface area contributed by atoms with E-state index in [-0.39, 0.29) is 18.0 Å². The van der Waals surface area contributed by atoms with Gasteiger partial charge in [-0.25, -0.2) is 0 Å². The van der Waals surface area contributed by atoms with Crippen molar-refractivity contribution >= 4 is 33.4 Å². The highest BCUT2D eigenvalue weighted by Gasteiger charge is 2.38. The van der Waals surface area contributed by atoms with Crippen LogP contribution in [0.15, 0.2) is 30.5 Å². The van der Waals surface area contributed by atoms with Gasteiger partial charge in [0.05, 0.1) is 17.6 Å². The molecule has 4 aromatic rings. The lowest BCUT2D eigenvalue weighted by Crippen LogP contribution is -2.09. The Bertz CT molecular complexity index is 1310. The van der Waals surface area contributed by atoms with E-state index in [2.05, 4.69) is 10.1 Å². The predicted octanol–water partition coefficient (Wildman–Crippen LogP) is 3.59. The molecule has 0 atom stereocenters. The molecular weight excluding hydrogens is 326 g/mol. The summed E-state index contributed by atoms with van der Waals surface area (Å²) in [6.45, 7) is 0. The Hall–Kier alpha value is -3.21. The first kappa shape index (κ1) is 14.0. The number of aromatic nitrogens is 3. The Morgan fingerprint density at radius 2 is 1.85 bits per heavy atom. The number of ketones is 2. The summed E-state index contributed by atoms with van der Waals surface area (Å²) in [6.07, 6.45) is 3.60. The third kappa shape index (κ3) is 1.54. The number of carbonyl (C=O) groups excluding carboxylic acids is 2. The minimum Gasteiger partial charge on any atom is -0.354 e. The number of fused-ring (bicyclic) bond motifs is 10. The summed E-state index contributed by atoms with van der Waals surface area (Å²) < 4.78 is 1.79. The van der Waals surface area contributed by atoms with Crippen LogP contribution >= 0.6 is 0 Å². The number of aromatic amines is 1. The van der Waals surface area contributed by atoms with Gasteiger partial charge in [0.15, 0.2) is 11.6 Å². The number of aryl methyl sites for hydroxylation is 3. The van der Waals surface area contributed by atoms with Crippen molar-refractivity contribution in [1.29, 1.82) is 0 Å². The van der Waals surface area contributed by atoms with Crippen molar-refractivity contribution in [2.45, 2.75) is 19.3 Å². The molecule has 5 nitrogen and oxygen atoms in total. The fourth-order valence-electron chi connectivity index (χ4n) is 4.75. The summed E-state index contributed by atoms with van der Waals surface area (Å²) in [5.41, 5.74) is 7.26. The molecule has 0 radical (unpaired) electrons. The van der Waals surface area contributed by atoms with Crippen LogP contribution in [-0.2, 0) is 19.9 Å². The maximum absolute atomic E-state index is 12.8. The lowest BCUT2D eigenvalue weighted by atomic mass is 9.82. The van der Waals surface area contributed by atoms with Crippen molar-refractivity contribution in [1.82, 2.24) is 14.8 Å². The molecule has 5 heteroatoms. The fraction of sp³-hybridized carbons (Fsp3) is 0.190. The fourth-order valence-corrected chi connectivity index (χ4v) is 4.75. The number of nitrogens with one attached hydrogen (secondary N) is 1. The standard InChI is InChI=1S/C21H15N3O2/c1-24-9-12-14(23-24)7-6-11-17(12)19-15(25)8-16(26)20(19)18-10-4-2-3-5-13(10)22-21(11)18/h2-5,9,22H,6-8H2,1H3. The zero-order valence-electron chi connectivity index (χ0n) is 14.2. The van der Waals surface area contributed by atoms with Gasteiger partial charge in [-0.2, -0.15) is 5.10 Å². The van der Waals surface area contributed by atoms with E-state index in [0.717, 1.165) is 57.0 Å². The van der Waals surface area contributed by atoms with Crippen LogP contribution in [0.3, 0.4) is 0 Å². The van der Waals surface area contributed by atoms with Gasteiger partial charge in [0, 0.05) is 51.8 Å². The number of benzene rings is 2. The molecule has 0 fully saturated rings. The number of nitrogens with zero attached hydrogens (tertiary/aromatic N) is 2. The number of hydrogen-bond donors (Lipinski definition) is 1. The van der Waals surface area contributed by atoms with Gasteiger partial charge in [-0.1, -0.05) is 18.2 Å². The highest BCUT2D eigenvalue weighted by molar-refractivity contribution is 6.34. The number of rotatable bonds is 0. The molecule has 2 heterocycles. The number of para-hydroxylation sites is 1. The topological polar surface area (TPSA) is 67.8 Å². The molecule has 1 N–H and O–H groups in total.